The third-order valence-corrected chi connectivity index (χ3v) is 5.33. The van der Waals surface area contributed by atoms with Gasteiger partial charge in [-0.1, -0.05) is 55.1 Å². The van der Waals surface area contributed by atoms with Gasteiger partial charge in [-0.25, -0.2) is 4.79 Å². The van der Waals surface area contributed by atoms with Crippen LogP contribution in [0.25, 0.3) is 33.8 Å². The normalized spacial score (nSPS) is 11.2. The van der Waals surface area contributed by atoms with Crippen molar-refractivity contribution in [3.63, 3.8) is 0 Å². The molecular weight excluding hydrogens is 396 g/mol. The van der Waals surface area contributed by atoms with Crippen LogP contribution in [0.3, 0.4) is 0 Å². The summed E-state index contributed by atoms with van der Waals surface area (Å²) >= 11 is 0. The summed E-state index contributed by atoms with van der Waals surface area (Å²) in [6.45, 7) is 5.19. The second-order valence-electron chi connectivity index (χ2n) is 7.57. The fraction of sp³-hybridized carbons (Fsp3) is 0.0714. The van der Waals surface area contributed by atoms with Gasteiger partial charge in [-0.3, -0.25) is 0 Å². The minimum absolute atomic E-state index is 0.330. The summed E-state index contributed by atoms with van der Waals surface area (Å²) in [4.78, 5) is 11.7. The van der Waals surface area contributed by atoms with E-state index in [0.29, 0.717) is 16.9 Å². The Kier molecular flexibility index (Phi) is 5.74. The van der Waals surface area contributed by atoms with E-state index in [9.17, 15) is 10.1 Å². The predicted octanol–water partition coefficient (Wildman–Crippen LogP) is 6.39. The Bertz CT molecular complexity index is 1390. The van der Waals surface area contributed by atoms with Crippen molar-refractivity contribution in [3.05, 3.63) is 102 Å². The lowest BCUT2D eigenvalue weighted by Crippen LogP contribution is -2.07. The summed E-state index contributed by atoms with van der Waals surface area (Å²) < 4.78 is 7.41. The van der Waals surface area contributed by atoms with E-state index in [4.69, 9.17) is 4.74 Å². The SMILES string of the molecule is C=C(C)C(=O)Oc1ccc(/C(C#N)=C/c2c(-c3ccccc3)n(C)c3ccccc23)cc1. The van der Waals surface area contributed by atoms with E-state index in [1.165, 1.54) is 0 Å². The van der Waals surface area contributed by atoms with Crippen molar-refractivity contribution in [2.24, 2.45) is 7.05 Å². The molecule has 0 aliphatic carbocycles. The van der Waals surface area contributed by atoms with Crippen LogP contribution < -0.4 is 4.74 Å². The Morgan fingerprint density at radius 2 is 1.66 bits per heavy atom. The Hall–Kier alpha value is -4.36. The second-order valence-corrected chi connectivity index (χ2v) is 7.57. The molecule has 0 atom stereocenters. The maximum absolute atomic E-state index is 11.7. The Morgan fingerprint density at radius 1 is 1.00 bits per heavy atom. The summed E-state index contributed by atoms with van der Waals surface area (Å²) in [5, 5.41) is 11.0. The molecule has 0 fully saturated rings. The van der Waals surface area contributed by atoms with Gasteiger partial charge in [-0.15, -0.1) is 0 Å². The average Bonchev–Trinajstić information content (AvgIpc) is 3.10. The highest BCUT2D eigenvalue weighted by Crippen LogP contribution is 2.35. The molecule has 0 unspecified atom stereocenters. The number of carbonyl (C=O) groups excluding carboxylic acids is 1. The summed E-state index contributed by atoms with van der Waals surface area (Å²) in [7, 11) is 2.04. The van der Waals surface area contributed by atoms with E-state index in [1.807, 2.05) is 43.5 Å². The monoisotopic (exact) mass is 418 g/mol. The number of benzene rings is 3. The lowest BCUT2D eigenvalue weighted by atomic mass is 9.99. The molecule has 4 aromatic rings. The predicted molar refractivity (Wildman–Crippen MR) is 129 cm³/mol. The lowest BCUT2D eigenvalue weighted by Gasteiger charge is -2.08. The Labute approximate surface area is 187 Å². The van der Waals surface area contributed by atoms with Crippen molar-refractivity contribution in [2.75, 3.05) is 0 Å². The molecule has 0 bridgehead atoms. The van der Waals surface area contributed by atoms with Crippen LogP contribution in [-0.4, -0.2) is 10.5 Å². The zero-order chi connectivity index (χ0) is 22.7. The third kappa shape index (κ3) is 3.97. The number of nitrogens with zero attached hydrogens (tertiary/aromatic N) is 2. The van der Waals surface area contributed by atoms with Gasteiger partial charge in [0.2, 0.25) is 0 Å². The second kappa shape index (κ2) is 8.79. The molecule has 0 amide bonds. The first kappa shape index (κ1) is 20.9. The lowest BCUT2D eigenvalue weighted by molar-refractivity contribution is -0.130. The van der Waals surface area contributed by atoms with Gasteiger partial charge in [0.1, 0.15) is 5.75 Å². The van der Waals surface area contributed by atoms with Crippen molar-refractivity contribution < 1.29 is 9.53 Å². The van der Waals surface area contributed by atoms with Gasteiger partial charge in [-0.2, -0.15) is 5.26 Å². The minimum Gasteiger partial charge on any atom is -0.423 e. The summed E-state index contributed by atoms with van der Waals surface area (Å²) in [5.74, 6) is -0.0637. The average molecular weight is 418 g/mol. The molecule has 1 aromatic heterocycles. The number of nitriles is 1. The fourth-order valence-electron chi connectivity index (χ4n) is 3.74. The van der Waals surface area contributed by atoms with Crippen LogP contribution in [0.4, 0.5) is 0 Å². The van der Waals surface area contributed by atoms with Crippen LogP contribution in [0.2, 0.25) is 0 Å². The Morgan fingerprint density at radius 3 is 2.31 bits per heavy atom. The van der Waals surface area contributed by atoms with Crippen LogP contribution in [-0.2, 0) is 11.8 Å². The quantitative estimate of drug-likeness (QED) is 0.163. The van der Waals surface area contributed by atoms with Crippen molar-refractivity contribution in [3.8, 4) is 23.1 Å². The van der Waals surface area contributed by atoms with Crippen LogP contribution in [0.1, 0.15) is 18.1 Å². The maximum atomic E-state index is 11.7. The maximum Gasteiger partial charge on any atom is 0.338 e. The summed E-state index contributed by atoms with van der Waals surface area (Å²) in [5.41, 5.74) is 5.81. The van der Waals surface area contributed by atoms with Crippen molar-refractivity contribution in [2.45, 2.75) is 6.92 Å². The zero-order valence-corrected chi connectivity index (χ0v) is 18.0. The smallest absolute Gasteiger partial charge is 0.338 e. The molecule has 32 heavy (non-hydrogen) atoms. The van der Waals surface area contributed by atoms with E-state index >= 15 is 0 Å². The van der Waals surface area contributed by atoms with Crippen LogP contribution in [0.15, 0.2) is 91.0 Å². The third-order valence-electron chi connectivity index (χ3n) is 5.33. The van der Waals surface area contributed by atoms with E-state index in [-0.39, 0.29) is 0 Å². The topological polar surface area (TPSA) is 55.0 Å². The number of ether oxygens (including phenoxy) is 1. The number of aromatic nitrogens is 1. The van der Waals surface area contributed by atoms with Gasteiger partial charge >= 0.3 is 5.97 Å². The first-order valence-electron chi connectivity index (χ1n) is 10.2. The van der Waals surface area contributed by atoms with Crippen LogP contribution in [0.5, 0.6) is 5.75 Å². The van der Waals surface area contributed by atoms with Gasteiger partial charge in [-0.05, 0) is 54.5 Å². The van der Waals surface area contributed by atoms with E-state index in [1.54, 1.807) is 31.2 Å². The Balaban J connectivity index is 1.82. The first-order valence-corrected chi connectivity index (χ1v) is 10.2. The molecule has 4 heteroatoms. The number of esters is 1. The van der Waals surface area contributed by atoms with E-state index in [2.05, 4.69) is 41.5 Å². The highest BCUT2D eigenvalue weighted by molar-refractivity contribution is 6.03. The molecule has 3 aromatic carbocycles. The standard InChI is InChI=1S/C28H22N2O2/c1-19(2)28(31)32-23-15-13-20(14-16-23)22(18-29)17-25-24-11-7-8-12-26(24)30(3)27(25)21-9-5-4-6-10-21/h4-17H,1H2,2-3H3/b22-17+. The number of allylic oxidation sites excluding steroid dienone is 1. The summed E-state index contributed by atoms with van der Waals surface area (Å²) in [6.07, 6.45) is 1.93. The van der Waals surface area contributed by atoms with E-state index < -0.39 is 5.97 Å². The molecular formula is C28H22N2O2. The molecule has 0 radical (unpaired) electrons. The molecule has 4 rings (SSSR count). The van der Waals surface area contributed by atoms with E-state index in [0.717, 1.165) is 33.3 Å². The largest absolute Gasteiger partial charge is 0.423 e. The number of carbonyl (C=O) groups is 1. The number of rotatable bonds is 5. The van der Waals surface area contributed by atoms with Crippen LogP contribution >= 0.6 is 0 Å². The van der Waals surface area contributed by atoms with Gasteiger partial charge in [0, 0.05) is 29.1 Å². The van der Waals surface area contributed by atoms with Crippen molar-refractivity contribution in [1.29, 1.82) is 5.26 Å². The molecule has 0 aliphatic heterocycles. The first-order chi connectivity index (χ1) is 15.5. The number of aryl methyl sites for hydroxylation is 1. The molecule has 1 heterocycles. The highest BCUT2D eigenvalue weighted by atomic mass is 16.5. The highest BCUT2D eigenvalue weighted by Gasteiger charge is 2.16. The molecule has 4 nitrogen and oxygen atoms in total. The molecule has 0 saturated heterocycles. The zero-order valence-electron chi connectivity index (χ0n) is 18.0. The minimum atomic E-state index is -0.475. The molecule has 0 N–H and O–H groups in total. The summed E-state index contributed by atoms with van der Waals surface area (Å²) in [6, 6.07) is 27.6. The fourth-order valence-corrected chi connectivity index (χ4v) is 3.74. The van der Waals surface area contributed by atoms with Gasteiger partial charge in [0.15, 0.2) is 0 Å². The number of hydrogen-bond donors (Lipinski definition) is 0. The van der Waals surface area contributed by atoms with Crippen molar-refractivity contribution >= 4 is 28.5 Å². The van der Waals surface area contributed by atoms with Crippen LogP contribution in [0, 0.1) is 11.3 Å². The van der Waals surface area contributed by atoms with Gasteiger partial charge < -0.3 is 9.30 Å². The molecule has 0 spiro atoms. The van der Waals surface area contributed by atoms with Gasteiger partial charge in [0.05, 0.1) is 17.3 Å². The molecule has 0 aliphatic rings. The number of hydrogen-bond acceptors (Lipinski definition) is 3. The number of fused-ring (bicyclic) bond motifs is 1. The van der Waals surface area contributed by atoms with Gasteiger partial charge in [0.25, 0.3) is 0 Å². The van der Waals surface area contributed by atoms with Crippen molar-refractivity contribution in [1.82, 2.24) is 4.57 Å². The number of para-hydroxylation sites is 1. The molecule has 0 saturated carbocycles. The molecule has 156 valence electrons.